The van der Waals surface area contributed by atoms with Crippen LogP contribution in [0.4, 0.5) is 26.7 Å². The van der Waals surface area contributed by atoms with Gasteiger partial charge in [-0.3, -0.25) is 14.4 Å². The largest absolute Gasteiger partial charge is 0.455 e. The highest BCUT2D eigenvalue weighted by atomic mass is 35.5. The lowest BCUT2D eigenvalue weighted by molar-refractivity contribution is -0.149. The fraction of sp³-hybridized carbons (Fsp3) is 0.386. The van der Waals surface area contributed by atoms with Gasteiger partial charge >= 0.3 is 29.9 Å². The van der Waals surface area contributed by atoms with Gasteiger partial charge in [0.15, 0.2) is 0 Å². The van der Waals surface area contributed by atoms with Crippen molar-refractivity contribution in [3.8, 4) is 5.69 Å². The molecule has 5 aromatic rings. The van der Waals surface area contributed by atoms with Gasteiger partial charge < -0.3 is 40.0 Å². The smallest absolute Gasteiger partial charge is 0.419 e. The minimum Gasteiger partial charge on any atom is -0.455 e. The van der Waals surface area contributed by atoms with Crippen molar-refractivity contribution in [1.29, 1.82) is 0 Å². The number of anilines is 3. The predicted molar refractivity (Wildman–Crippen MR) is 235 cm³/mol. The minimum absolute atomic E-state index is 0.00938. The minimum atomic E-state index is -1.22. The van der Waals surface area contributed by atoms with Crippen molar-refractivity contribution >= 4 is 75.4 Å². The molecule has 1 unspecified atom stereocenters. The van der Waals surface area contributed by atoms with Crippen molar-refractivity contribution < 1.29 is 43.0 Å². The van der Waals surface area contributed by atoms with Crippen LogP contribution in [0.3, 0.4) is 0 Å². The Morgan fingerprint density at radius 1 is 0.844 bits per heavy atom. The van der Waals surface area contributed by atoms with Crippen molar-refractivity contribution in [2.45, 2.75) is 72.1 Å². The number of ether oxygens (including phenoxy) is 3. The second-order valence-electron chi connectivity index (χ2n) is 18.0. The van der Waals surface area contributed by atoms with Gasteiger partial charge in [-0.25, -0.2) is 19.0 Å². The van der Waals surface area contributed by atoms with E-state index in [-0.39, 0.29) is 42.3 Å². The van der Waals surface area contributed by atoms with Gasteiger partial charge in [0.25, 0.3) is 0 Å². The van der Waals surface area contributed by atoms with E-state index in [0.29, 0.717) is 58.3 Å². The van der Waals surface area contributed by atoms with Crippen LogP contribution in [0.1, 0.15) is 64.5 Å². The standard InChI is InChI=1S/C44H49ClN10O9/c1-42(2,3)63-39(59)35-20-27-19-30(13-15-31(27)55(35)41(61)64-43(4,5)6)48-36(56)34(18-26-8-11-29(12-9-26)49-40(60)46-22-44(7)23-62-24-44)53-17-16-52(37(57)38(53)58)33-21-28(45)10-14-32(33)54-25-47-50-51-54/h8-15,19-21,25,34H,16-18,22-24H2,1-7H3,(H,48,56)(H2,46,49,60). The molecule has 2 aromatic heterocycles. The fourth-order valence-electron chi connectivity index (χ4n) is 7.17. The fourth-order valence-corrected chi connectivity index (χ4v) is 7.34. The lowest BCUT2D eigenvalue weighted by Crippen LogP contribution is -2.60. The van der Waals surface area contributed by atoms with E-state index in [0.717, 1.165) is 4.57 Å². The van der Waals surface area contributed by atoms with Crippen molar-refractivity contribution in [3.05, 3.63) is 89.3 Å². The van der Waals surface area contributed by atoms with Crippen LogP contribution in [-0.4, -0.2) is 116 Å². The summed E-state index contributed by atoms with van der Waals surface area (Å²) in [5.41, 5.74) is 0.445. The third kappa shape index (κ3) is 10.3. The summed E-state index contributed by atoms with van der Waals surface area (Å²) in [5.74, 6) is -3.24. The number of amides is 5. The second kappa shape index (κ2) is 17.7. The molecule has 5 amide bonds. The van der Waals surface area contributed by atoms with Gasteiger partial charge in [0.2, 0.25) is 5.91 Å². The van der Waals surface area contributed by atoms with E-state index in [1.54, 1.807) is 96.1 Å². The molecule has 2 aliphatic rings. The molecule has 0 bridgehead atoms. The molecule has 3 N–H and O–H groups in total. The van der Waals surface area contributed by atoms with Crippen molar-refractivity contribution in [2.75, 3.05) is 48.4 Å². The van der Waals surface area contributed by atoms with Crippen LogP contribution < -0.4 is 20.9 Å². The third-order valence-corrected chi connectivity index (χ3v) is 10.5. The Hall–Kier alpha value is -6.86. The predicted octanol–water partition coefficient (Wildman–Crippen LogP) is 5.59. The third-order valence-electron chi connectivity index (χ3n) is 10.2. The number of rotatable bonds is 11. The number of carbonyl (C=O) groups excluding carboxylic acids is 6. The van der Waals surface area contributed by atoms with Crippen molar-refractivity contribution in [3.63, 3.8) is 0 Å². The van der Waals surface area contributed by atoms with Gasteiger partial charge in [-0.2, -0.15) is 4.68 Å². The molecule has 2 aliphatic heterocycles. The quantitative estimate of drug-likeness (QED) is 0.109. The number of fused-ring (bicyclic) bond motifs is 1. The topological polar surface area (TPSA) is 221 Å². The molecule has 0 saturated carbocycles. The van der Waals surface area contributed by atoms with Crippen molar-refractivity contribution in [1.82, 2.24) is 35.0 Å². The van der Waals surface area contributed by atoms with Crippen LogP contribution in [0.2, 0.25) is 5.02 Å². The number of esters is 1. The molecule has 4 heterocycles. The maximum Gasteiger partial charge on any atom is 0.419 e. The summed E-state index contributed by atoms with van der Waals surface area (Å²) >= 11 is 6.35. The lowest BCUT2D eigenvalue weighted by Gasteiger charge is -2.38. The van der Waals surface area contributed by atoms with Crippen LogP contribution >= 0.6 is 11.6 Å². The van der Waals surface area contributed by atoms with Gasteiger partial charge in [0.1, 0.15) is 29.3 Å². The van der Waals surface area contributed by atoms with Gasteiger partial charge in [-0.15, -0.1) is 5.10 Å². The van der Waals surface area contributed by atoms with E-state index in [1.165, 1.54) is 32.9 Å². The first-order valence-electron chi connectivity index (χ1n) is 20.5. The number of tetrazole rings is 1. The molecule has 2 saturated heterocycles. The number of nitrogens with zero attached hydrogens (tertiary/aromatic N) is 7. The van der Waals surface area contributed by atoms with E-state index in [4.69, 9.17) is 25.8 Å². The summed E-state index contributed by atoms with van der Waals surface area (Å²) in [7, 11) is 0. The van der Waals surface area contributed by atoms with Crippen LogP contribution in [0.15, 0.2) is 73.1 Å². The van der Waals surface area contributed by atoms with E-state index in [9.17, 15) is 28.8 Å². The summed E-state index contributed by atoms with van der Waals surface area (Å²) in [4.78, 5) is 84.8. The molecule has 7 rings (SSSR count). The molecule has 19 nitrogen and oxygen atoms in total. The maximum atomic E-state index is 14.5. The summed E-state index contributed by atoms with van der Waals surface area (Å²) < 4.78 is 19.0. The van der Waals surface area contributed by atoms with Crippen LogP contribution in [0.25, 0.3) is 16.6 Å². The normalized spacial score (nSPS) is 15.6. The molecule has 2 fully saturated rings. The molecular weight excluding hydrogens is 848 g/mol. The summed E-state index contributed by atoms with van der Waals surface area (Å²) in [6.07, 6.45) is 0.518. The highest BCUT2D eigenvalue weighted by Crippen LogP contribution is 2.31. The van der Waals surface area contributed by atoms with Gasteiger partial charge in [0.05, 0.1) is 30.1 Å². The van der Waals surface area contributed by atoms with E-state index in [2.05, 4.69) is 31.5 Å². The first-order chi connectivity index (χ1) is 30.2. The Morgan fingerprint density at radius 2 is 1.55 bits per heavy atom. The Kier molecular flexibility index (Phi) is 12.5. The first-order valence-corrected chi connectivity index (χ1v) is 20.8. The molecule has 0 spiro atoms. The summed E-state index contributed by atoms with van der Waals surface area (Å²) in [5, 5.41) is 20.6. The maximum absolute atomic E-state index is 14.5. The zero-order chi connectivity index (χ0) is 46.1. The number of benzene rings is 3. The monoisotopic (exact) mass is 896 g/mol. The Bertz CT molecular complexity index is 2610. The number of nitrogens with one attached hydrogen (secondary N) is 3. The second-order valence-corrected chi connectivity index (χ2v) is 18.4. The first kappa shape index (κ1) is 45.2. The van der Waals surface area contributed by atoms with Gasteiger partial charge in [-0.05, 0) is 112 Å². The molecule has 1 atom stereocenters. The van der Waals surface area contributed by atoms with E-state index >= 15 is 0 Å². The average molecular weight is 897 g/mol. The number of aromatic nitrogens is 5. The Labute approximate surface area is 373 Å². The molecule has 64 heavy (non-hydrogen) atoms. The Morgan fingerprint density at radius 3 is 2.19 bits per heavy atom. The van der Waals surface area contributed by atoms with E-state index in [1.807, 2.05) is 6.92 Å². The van der Waals surface area contributed by atoms with Crippen molar-refractivity contribution in [2.24, 2.45) is 5.41 Å². The molecule has 336 valence electrons. The lowest BCUT2D eigenvalue weighted by atomic mass is 9.89. The number of carbonyl (C=O) groups is 6. The van der Waals surface area contributed by atoms with Gasteiger partial charge in [0, 0.05) is 53.3 Å². The molecule has 0 aliphatic carbocycles. The number of hydrogen-bond donors (Lipinski definition) is 3. The van der Waals surface area contributed by atoms with Crippen LogP contribution in [0.5, 0.6) is 0 Å². The zero-order valence-corrected chi connectivity index (χ0v) is 37.2. The van der Waals surface area contributed by atoms with Crippen LogP contribution in [-0.2, 0) is 35.0 Å². The average Bonchev–Trinajstić information content (AvgIpc) is 3.88. The summed E-state index contributed by atoms with van der Waals surface area (Å²) in [6, 6.07) is 16.1. The zero-order valence-electron chi connectivity index (χ0n) is 36.4. The number of halogens is 1. The highest BCUT2D eigenvalue weighted by Gasteiger charge is 2.41. The molecule has 20 heteroatoms. The van der Waals surface area contributed by atoms with Gasteiger partial charge in [-0.1, -0.05) is 30.7 Å². The molecular formula is C44H49ClN10O9. The molecule has 3 aromatic carbocycles. The van der Waals surface area contributed by atoms with E-state index < -0.39 is 47.0 Å². The molecule has 0 radical (unpaired) electrons. The SMILES string of the molecule is CC1(CNC(=O)Nc2ccc(CC(C(=O)Nc3ccc4c(c3)cc(C(=O)OC(C)(C)C)n4C(=O)OC(C)(C)C)N3CCN(c4cc(Cl)ccc4-n4cnnn4)C(=O)C3=O)cc2)COC1. The summed E-state index contributed by atoms with van der Waals surface area (Å²) in [6.45, 7) is 13.8. The van der Waals surface area contributed by atoms with Crippen LogP contribution in [0, 0.1) is 5.41 Å². The number of piperazine rings is 1. The number of hydrogen-bond acceptors (Lipinski definition) is 12. The highest BCUT2D eigenvalue weighted by molar-refractivity contribution is 6.41. The Balaban J connectivity index is 1.17. The number of urea groups is 1.